The van der Waals surface area contributed by atoms with Gasteiger partial charge in [-0.3, -0.25) is 4.68 Å². The number of fused-ring (bicyclic) bond motifs is 1. The Kier molecular flexibility index (Phi) is 6.53. The van der Waals surface area contributed by atoms with Crippen LogP contribution in [0.2, 0.25) is 0 Å². The fraction of sp³-hybridized carbons (Fsp3) is 0.625. The Hall–Kier alpha value is -2.45. The third-order valence-corrected chi connectivity index (χ3v) is 6.83. The molecule has 1 aliphatic rings. The van der Waals surface area contributed by atoms with Crippen molar-refractivity contribution in [2.24, 2.45) is 0 Å². The van der Waals surface area contributed by atoms with Crippen molar-refractivity contribution in [1.82, 2.24) is 24.4 Å². The van der Waals surface area contributed by atoms with Gasteiger partial charge in [0.1, 0.15) is 0 Å². The molecule has 1 aliphatic carbocycles. The minimum absolute atomic E-state index is 0.0405. The molecular weight excluding hydrogens is 404 g/mol. The second kappa shape index (κ2) is 9.19. The Morgan fingerprint density at radius 1 is 1.25 bits per heavy atom. The lowest BCUT2D eigenvalue weighted by Gasteiger charge is -2.25. The van der Waals surface area contributed by atoms with Gasteiger partial charge in [0.15, 0.2) is 0 Å². The lowest BCUT2D eigenvalue weighted by atomic mass is 9.85. The summed E-state index contributed by atoms with van der Waals surface area (Å²) >= 11 is 0. The SMILES string of the molecule is CCC(C)(C)n1cc(-c2cc(C3CCC(O)CC3)n3nc(N[C@@H](C)COC)ncc23)cn1. The molecule has 1 saturated carbocycles. The van der Waals surface area contributed by atoms with Crippen molar-refractivity contribution in [3.05, 3.63) is 30.4 Å². The topological polar surface area (TPSA) is 89.5 Å². The van der Waals surface area contributed by atoms with Gasteiger partial charge in [0.05, 0.1) is 36.2 Å². The highest BCUT2D eigenvalue weighted by Gasteiger charge is 2.26. The third kappa shape index (κ3) is 4.52. The smallest absolute Gasteiger partial charge is 0.241 e. The van der Waals surface area contributed by atoms with E-state index in [0.717, 1.165) is 48.7 Å². The zero-order valence-electron chi connectivity index (χ0n) is 19.9. The number of hydrogen-bond acceptors (Lipinski definition) is 6. The lowest BCUT2D eigenvalue weighted by Crippen LogP contribution is -2.25. The molecule has 2 N–H and O–H groups in total. The minimum atomic E-state index is -0.187. The maximum Gasteiger partial charge on any atom is 0.241 e. The Bertz CT molecular complexity index is 1050. The third-order valence-electron chi connectivity index (χ3n) is 6.83. The van der Waals surface area contributed by atoms with Crippen LogP contribution in [-0.2, 0) is 10.3 Å². The van der Waals surface area contributed by atoms with Gasteiger partial charge in [0, 0.05) is 42.1 Å². The molecule has 0 amide bonds. The van der Waals surface area contributed by atoms with E-state index in [0.29, 0.717) is 18.5 Å². The molecule has 0 aliphatic heterocycles. The fourth-order valence-electron chi connectivity index (χ4n) is 4.44. The summed E-state index contributed by atoms with van der Waals surface area (Å²) in [5.41, 5.74) is 4.28. The molecular formula is C24H36N6O2. The van der Waals surface area contributed by atoms with E-state index in [9.17, 15) is 5.11 Å². The predicted octanol–water partition coefficient (Wildman–Crippen LogP) is 4.20. The number of hydrogen-bond donors (Lipinski definition) is 2. The lowest BCUT2D eigenvalue weighted by molar-refractivity contribution is 0.121. The van der Waals surface area contributed by atoms with Crippen molar-refractivity contribution >= 4 is 11.5 Å². The molecule has 0 bridgehead atoms. The molecule has 8 nitrogen and oxygen atoms in total. The van der Waals surface area contributed by atoms with Crippen molar-refractivity contribution in [2.45, 2.75) is 83.4 Å². The van der Waals surface area contributed by atoms with Crippen LogP contribution in [0, 0.1) is 0 Å². The molecule has 0 unspecified atom stereocenters. The molecule has 1 atom stereocenters. The minimum Gasteiger partial charge on any atom is -0.393 e. The van der Waals surface area contributed by atoms with Gasteiger partial charge >= 0.3 is 0 Å². The van der Waals surface area contributed by atoms with Crippen LogP contribution in [-0.4, -0.2) is 55.3 Å². The van der Waals surface area contributed by atoms with Gasteiger partial charge in [-0.15, -0.1) is 5.10 Å². The van der Waals surface area contributed by atoms with Gasteiger partial charge in [-0.1, -0.05) is 6.92 Å². The summed E-state index contributed by atoms with van der Waals surface area (Å²) in [6, 6.07) is 2.35. The molecule has 4 rings (SSSR count). The van der Waals surface area contributed by atoms with E-state index >= 15 is 0 Å². The van der Waals surface area contributed by atoms with Crippen molar-refractivity contribution in [1.29, 1.82) is 0 Å². The largest absolute Gasteiger partial charge is 0.393 e. The monoisotopic (exact) mass is 440 g/mol. The summed E-state index contributed by atoms with van der Waals surface area (Å²) in [5.74, 6) is 0.949. The number of ether oxygens (including phenoxy) is 1. The van der Waals surface area contributed by atoms with Gasteiger partial charge in [-0.2, -0.15) is 5.10 Å². The van der Waals surface area contributed by atoms with Gasteiger partial charge < -0.3 is 15.2 Å². The Morgan fingerprint density at radius 2 is 2.00 bits per heavy atom. The Balaban J connectivity index is 1.76. The molecule has 0 radical (unpaired) electrons. The molecule has 8 heteroatoms. The van der Waals surface area contributed by atoms with E-state index in [1.165, 1.54) is 5.69 Å². The zero-order valence-corrected chi connectivity index (χ0v) is 19.9. The maximum atomic E-state index is 10.0. The van der Waals surface area contributed by atoms with Gasteiger partial charge in [-0.25, -0.2) is 9.50 Å². The average molecular weight is 441 g/mol. The van der Waals surface area contributed by atoms with Crippen molar-refractivity contribution in [3.63, 3.8) is 0 Å². The van der Waals surface area contributed by atoms with E-state index in [4.69, 9.17) is 9.84 Å². The number of aliphatic hydroxyl groups excluding tert-OH is 1. The molecule has 174 valence electrons. The zero-order chi connectivity index (χ0) is 22.9. The highest BCUT2D eigenvalue weighted by Crippen LogP contribution is 2.38. The fourth-order valence-corrected chi connectivity index (χ4v) is 4.44. The van der Waals surface area contributed by atoms with E-state index in [1.54, 1.807) is 7.11 Å². The van der Waals surface area contributed by atoms with Crippen LogP contribution in [0.3, 0.4) is 0 Å². The molecule has 3 heterocycles. The molecule has 0 spiro atoms. The summed E-state index contributed by atoms with van der Waals surface area (Å²) in [6.45, 7) is 9.20. The molecule has 3 aromatic heterocycles. The van der Waals surface area contributed by atoms with Crippen LogP contribution < -0.4 is 5.32 Å². The van der Waals surface area contributed by atoms with E-state index in [2.05, 4.69) is 48.4 Å². The van der Waals surface area contributed by atoms with Crippen LogP contribution in [0.1, 0.15) is 71.4 Å². The summed E-state index contributed by atoms with van der Waals surface area (Å²) in [4.78, 5) is 4.59. The van der Waals surface area contributed by atoms with E-state index < -0.39 is 0 Å². The van der Waals surface area contributed by atoms with Gasteiger partial charge in [-0.05, 0) is 58.9 Å². The highest BCUT2D eigenvalue weighted by atomic mass is 16.5. The standard InChI is InChI=1S/C24H36N6O2/c1-6-24(3,4)29-14-18(12-26-29)20-11-21(17-7-9-19(31)10-8-17)30-22(20)13-25-23(28-30)27-16(2)15-32-5/h11-14,16-17,19,31H,6-10,15H2,1-5H3,(H,27,28)/t16-,17?,19?/m0/s1. The van der Waals surface area contributed by atoms with Crippen LogP contribution >= 0.6 is 0 Å². The molecule has 1 fully saturated rings. The number of anilines is 1. The number of nitrogens with one attached hydrogen (secondary N) is 1. The maximum absolute atomic E-state index is 10.0. The van der Waals surface area contributed by atoms with Gasteiger partial charge in [0.25, 0.3) is 0 Å². The molecule has 3 aromatic rings. The number of aliphatic hydroxyl groups is 1. The first-order valence-electron chi connectivity index (χ1n) is 11.7. The second-order valence-electron chi connectivity index (χ2n) is 9.71. The van der Waals surface area contributed by atoms with E-state index in [-0.39, 0.29) is 17.7 Å². The summed E-state index contributed by atoms with van der Waals surface area (Å²) in [5, 5.41) is 22.8. The van der Waals surface area contributed by atoms with Crippen molar-refractivity contribution < 1.29 is 9.84 Å². The molecule has 32 heavy (non-hydrogen) atoms. The van der Waals surface area contributed by atoms with E-state index in [1.807, 2.05) is 28.5 Å². The number of nitrogens with zero attached hydrogens (tertiary/aromatic N) is 5. The number of rotatable bonds is 8. The first-order chi connectivity index (χ1) is 15.3. The number of aromatic nitrogens is 5. The average Bonchev–Trinajstić information content (AvgIpc) is 3.40. The van der Waals surface area contributed by atoms with Gasteiger partial charge in [0.2, 0.25) is 5.95 Å². The normalized spacial score (nSPS) is 20.6. The Labute approximate surface area is 190 Å². The van der Waals surface area contributed by atoms with Crippen molar-refractivity contribution in [3.8, 4) is 11.1 Å². The highest BCUT2D eigenvalue weighted by molar-refractivity contribution is 5.81. The first-order valence-corrected chi connectivity index (χ1v) is 11.7. The quantitative estimate of drug-likeness (QED) is 0.546. The van der Waals surface area contributed by atoms with Crippen LogP contribution in [0.25, 0.3) is 16.6 Å². The summed E-state index contributed by atoms with van der Waals surface area (Å²) in [7, 11) is 1.69. The Morgan fingerprint density at radius 3 is 2.69 bits per heavy atom. The van der Waals surface area contributed by atoms with Crippen molar-refractivity contribution in [2.75, 3.05) is 19.0 Å². The van der Waals surface area contributed by atoms with Crippen LogP contribution in [0.15, 0.2) is 24.7 Å². The second-order valence-corrected chi connectivity index (χ2v) is 9.71. The molecule has 0 saturated heterocycles. The predicted molar refractivity (Wildman–Crippen MR) is 126 cm³/mol. The first kappa shape index (κ1) is 22.7. The summed E-state index contributed by atoms with van der Waals surface area (Å²) < 4.78 is 9.32. The van der Waals surface area contributed by atoms with Crippen LogP contribution in [0.5, 0.6) is 0 Å². The van der Waals surface area contributed by atoms with Crippen LogP contribution in [0.4, 0.5) is 5.95 Å². The number of methoxy groups -OCH3 is 1. The summed E-state index contributed by atoms with van der Waals surface area (Å²) in [6.07, 6.45) is 10.4. The molecule has 0 aromatic carbocycles.